The first-order valence-corrected chi connectivity index (χ1v) is 9.40. The van der Waals surface area contributed by atoms with E-state index in [0.29, 0.717) is 0 Å². The van der Waals surface area contributed by atoms with E-state index < -0.39 is 0 Å². The second-order valence-electron chi connectivity index (χ2n) is 6.43. The van der Waals surface area contributed by atoms with Gasteiger partial charge in [0, 0.05) is 41.9 Å². The summed E-state index contributed by atoms with van der Waals surface area (Å²) in [6.07, 6.45) is 2.01. The van der Waals surface area contributed by atoms with Crippen molar-refractivity contribution in [3.63, 3.8) is 0 Å². The van der Waals surface area contributed by atoms with Crippen molar-refractivity contribution in [2.24, 2.45) is 0 Å². The van der Waals surface area contributed by atoms with Gasteiger partial charge < -0.3 is 4.90 Å². The lowest BCUT2D eigenvalue weighted by Gasteiger charge is -2.28. The third kappa shape index (κ3) is 3.43. The number of nitrogens with zero attached hydrogens (tertiary/aromatic N) is 2. The number of hydrogen-bond donors (Lipinski definition) is 0. The lowest BCUT2D eigenvalue weighted by molar-refractivity contribution is 0.585. The van der Waals surface area contributed by atoms with Crippen LogP contribution in [0.25, 0.3) is 10.4 Å². The number of thioether (sulfide) groups is 1. The summed E-state index contributed by atoms with van der Waals surface area (Å²) < 4.78 is 0. The molecule has 4 heteroatoms. The maximum Gasteiger partial charge on any atom is 0.0984 e. The summed E-state index contributed by atoms with van der Waals surface area (Å²) >= 11 is 3.86. The Kier molecular flexibility index (Phi) is 4.27. The zero-order chi connectivity index (χ0) is 14.9. The molecular weight excluding hydrogens is 296 g/mol. The molecule has 1 aromatic heterocycles. The van der Waals surface area contributed by atoms with Crippen molar-refractivity contribution < 1.29 is 0 Å². The van der Waals surface area contributed by atoms with Gasteiger partial charge in [0.25, 0.3) is 0 Å². The van der Waals surface area contributed by atoms with E-state index in [1.807, 2.05) is 6.20 Å². The summed E-state index contributed by atoms with van der Waals surface area (Å²) in [4.78, 5) is 8.33. The molecule has 1 fully saturated rings. The first-order valence-electron chi connectivity index (χ1n) is 7.43. The molecule has 0 radical (unpaired) electrons. The van der Waals surface area contributed by atoms with Gasteiger partial charge >= 0.3 is 0 Å². The zero-order valence-electron chi connectivity index (χ0n) is 12.9. The van der Waals surface area contributed by atoms with Crippen molar-refractivity contribution >= 4 is 28.8 Å². The fourth-order valence-corrected chi connectivity index (χ4v) is 4.29. The molecule has 0 saturated carbocycles. The van der Waals surface area contributed by atoms with Crippen LogP contribution in [0.4, 0.5) is 5.69 Å². The molecule has 21 heavy (non-hydrogen) atoms. The van der Waals surface area contributed by atoms with Gasteiger partial charge in [-0.2, -0.15) is 11.8 Å². The largest absolute Gasteiger partial charge is 0.370 e. The molecule has 0 unspecified atom stereocenters. The minimum absolute atomic E-state index is 0.133. The second-order valence-corrected chi connectivity index (χ2v) is 8.68. The first kappa shape index (κ1) is 14.9. The van der Waals surface area contributed by atoms with Gasteiger partial charge in [-0.1, -0.05) is 32.9 Å². The van der Waals surface area contributed by atoms with Crippen molar-refractivity contribution in [2.45, 2.75) is 26.2 Å². The molecule has 0 amide bonds. The summed E-state index contributed by atoms with van der Waals surface area (Å²) in [6, 6.07) is 8.97. The SMILES string of the molecule is CC(C)(C)c1ncc(-c2ccc(N3CCSCC3)cc2)s1. The van der Waals surface area contributed by atoms with Crippen LogP contribution < -0.4 is 4.90 Å². The van der Waals surface area contributed by atoms with E-state index in [1.54, 1.807) is 11.3 Å². The predicted octanol–water partition coefficient (Wildman–Crippen LogP) is 4.66. The van der Waals surface area contributed by atoms with E-state index in [0.717, 1.165) is 0 Å². The Morgan fingerprint density at radius 3 is 2.29 bits per heavy atom. The maximum atomic E-state index is 4.58. The summed E-state index contributed by atoms with van der Waals surface area (Å²) in [5.41, 5.74) is 2.76. The minimum Gasteiger partial charge on any atom is -0.370 e. The molecular formula is C17H22N2S2. The molecule has 1 aliphatic rings. The van der Waals surface area contributed by atoms with E-state index in [2.05, 4.69) is 66.7 Å². The van der Waals surface area contributed by atoms with Crippen LogP contribution in [0.15, 0.2) is 30.5 Å². The highest BCUT2D eigenvalue weighted by atomic mass is 32.2. The molecule has 2 nitrogen and oxygen atoms in total. The van der Waals surface area contributed by atoms with E-state index in [4.69, 9.17) is 0 Å². The van der Waals surface area contributed by atoms with Crippen LogP contribution in [0.3, 0.4) is 0 Å². The van der Waals surface area contributed by atoms with Crippen LogP contribution in [0.2, 0.25) is 0 Å². The fourth-order valence-electron chi connectivity index (χ4n) is 2.41. The Morgan fingerprint density at radius 2 is 1.71 bits per heavy atom. The Balaban J connectivity index is 1.79. The number of aromatic nitrogens is 1. The molecule has 2 aromatic rings. The Morgan fingerprint density at radius 1 is 1.05 bits per heavy atom. The highest BCUT2D eigenvalue weighted by Crippen LogP contribution is 2.33. The van der Waals surface area contributed by atoms with Crippen molar-refractivity contribution in [1.82, 2.24) is 4.98 Å². The number of hydrogen-bond acceptors (Lipinski definition) is 4. The third-order valence-corrected chi connectivity index (χ3v) is 6.09. The standard InChI is InChI=1S/C17H22N2S2/c1-17(2,3)16-18-12-15(21-16)13-4-6-14(7-5-13)19-8-10-20-11-9-19/h4-7,12H,8-11H2,1-3H3. The van der Waals surface area contributed by atoms with Gasteiger partial charge in [0.1, 0.15) is 0 Å². The minimum atomic E-state index is 0.133. The predicted molar refractivity (Wildman–Crippen MR) is 95.8 cm³/mol. The topological polar surface area (TPSA) is 16.1 Å². The molecule has 0 aliphatic carbocycles. The lowest BCUT2D eigenvalue weighted by Crippen LogP contribution is -2.32. The second kappa shape index (κ2) is 6.01. The molecule has 3 rings (SSSR count). The zero-order valence-corrected chi connectivity index (χ0v) is 14.6. The summed E-state index contributed by atoms with van der Waals surface area (Å²) in [7, 11) is 0. The van der Waals surface area contributed by atoms with Crippen molar-refractivity contribution in [1.29, 1.82) is 0 Å². The number of anilines is 1. The molecule has 112 valence electrons. The van der Waals surface area contributed by atoms with Crippen LogP contribution in [0.1, 0.15) is 25.8 Å². The Bertz CT molecular complexity index is 590. The van der Waals surface area contributed by atoms with E-state index >= 15 is 0 Å². The van der Waals surface area contributed by atoms with Gasteiger partial charge in [-0.05, 0) is 17.7 Å². The Labute approximate surface area is 135 Å². The van der Waals surface area contributed by atoms with Gasteiger partial charge in [0.2, 0.25) is 0 Å². The van der Waals surface area contributed by atoms with Crippen LogP contribution in [-0.2, 0) is 5.41 Å². The summed E-state index contributed by atoms with van der Waals surface area (Å²) in [5.74, 6) is 2.48. The van der Waals surface area contributed by atoms with Crippen LogP contribution >= 0.6 is 23.1 Å². The molecule has 2 heterocycles. The van der Waals surface area contributed by atoms with Crippen LogP contribution in [-0.4, -0.2) is 29.6 Å². The van der Waals surface area contributed by atoms with Crippen molar-refractivity contribution in [3.05, 3.63) is 35.5 Å². The molecule has 0 bridgehead atoms. The monoisotopic (exact) mass is 318 g/mol. The van der Waals surface area contributed by atoms with Gasteiger partial charge in [-0.15, -0.1) is 11.3 Å². The van der Waals surface area contributed by atoms with E-state index in [1.165, 1.54) is 45.7 Å². The first-order chi connectivity index (χ1) is 10.0. The van der Waals surface area contributed by atoms with Gasteiger partial charge in [-0.3, -0.25) is 0 Å². The fraction of sp³-hybridized carbons (Fsp3) is 0.471. The van der Waals surface area contributed by atoms with Gasteiger partial charge in [0.05, 0.1) is 9.88 Å². The summed E-state index contributed by atoms with van der Waals surface area (Å²) in [6.45, 7) is 8.98. The average molecular weight is 319 g/mol. The van der Waals surface area contributed by atoms with Crippen LogP contribution in [0, 0.1) is 0 Å². The smallest absolute Gasteiger partial charge is 0.0984 e. The molecule has 1 saturated heterocycles. The highest BCUT2D eigenvalue weighted by molar-refractivity contribution is 7.99. The normalized spacial score (nSPS) is 16.2. The highest BCUT2D eigenvalue weighted by Gasteiger charge is 2.18. The number of rotatable bonds is 2. The molecule has 0 N–H and O–H groups in total. The molecule has 0 atom stereocenters. The van der Waals surface area contributed by atoms with Crippen molar-refractivity contribution in [3.8, 4) is 10.4 Å². The quantitative estimate of drug-likeness (QED) is 0.801. The average Bonchev–Trinajstić information content (AvgIpc) is 2.98. The number of thiazole rings is 1. The molecule has 1 aromatic carbocycles. The number of benzene rings is 1. The Hall–Kier alpha value is -1.00. The van der Waals surface area contributed by atoms with E-state index in [9.17, 15) is 0 Å². The van der Waals surface area contributed by atoms with Crippen LogP contribution in [0.5, 0.6) is 0 Å². The van der Waals surface area contributed by atoms with Crippen molar-refractivity contribution in [2.75, 3.05) is 29.5 Å². The molecule has 1 aliphatic heterocycles. The molecule has 0 spiro atoms. The maximum absolute atomic E-state index is 4.58. The van der Waals surface area contributed by atoms with Gasteiger partial charge in [0.15, 0.2) is 0 Å². The lowest BCUT2D eigenvalue weighted by atomic mass is 9.98. The third-order valence-electron chi connectivity index (χ3n) is 3.68. The van der Waals surface area contributed by atoms with Gasteiger partial charge in [-0.25, -0.2) is 4.98 Å². The summed E-state index contributed by atoms with van der Waals surface area (Å²) in [5, 5.41) is 1.20. The van der Waals surface area contributed by atoms with E-state index in [-0.39, 0.29) is 5.41 Å².